The van der Waals surface area contributed by atoms with Crippen molar-refractivity contribution in [2.45, 2.75) is 72.1 Å². The van der Waals surface area contributed by atoms with Crippen LogP contribution < -0.4 is 5.32 Å². The van der Waals surface area contributed by atoms with E-state index in [9.17, 15) is 4.79 Å². The van der Waals surface area contributed by atoms with E-state index >= 15 is 0 Å². The van der Waals surface area contributed by atoms with Crippen LogP contribution in [-0.4, -0.2) is 29.1 Å². The van der Waals surface area contributed by atoms with E-state index in [4.69, 9.17) is 0 Å². The number of nitrogens with one attached hydrogen (secondary N) is 1. The van der Waals surface area contributed by atoms with Gasteiger partial charge in [-0.25, -0.2) is 0 Å². The van der Waals surface area contributed by atoms with Crippen LogP contribution in [0, 0.1) is 11.3 Å². The predicted octanol–water partition coefficient (Wildman–Crippen LogP) is 2.37. The quantitative estimate of drug-likeness (QED) is 0.801. The third-order valence-corrected chi connectivity index (χ3v) is 4.31. The van der Waals surface area contributed by atoms with E-state index in [0.29, 0.717) is 23.3 Å². The summed E-state index contributed by atoms with van der Waals surface area (Å²) in [5.74, 6) is 0.777. The van der Waals surface area contributed by atoms with Crippen molar-refractivity contribution in [2.75, 3.05) is 0 Å². The second-order valence-corrected chi connectivity index (χ2v) is 6.88. The van der Waals surface area contributed by atoms with Gasteiger partial charge in [-0.1, -0.05) is 27.7 Å². The van der Waals surface area contributed by atoms with E-state index in [1.807, 2.05) is 6.92 Å². The highest BCUT2D eigenvalue weighted by Gasteiger charge is 2.45. The van der Waals surface area contributed by atoms with Gasteiger partial charge in [-0.3, -0.25) is 10.1 Å². The fraction of sp³-hybridized carbons (Fsp3) is 0.929. The van der Waals surface area contributed by atoms with Gasteiger partial charge in [0.1, 0.15) is 0 Å². The third kappa shape index (κ3) is 2.35. The molecule has 2 aliphatic rings. The lowest BCUT2D eigenvalue weighted by atomic mass is 9.91. The van der Waals surface area contributed by atoms with E-state index in [1.165, 1.54) is 6.42 Å². The van der Waals surface area contributed by atoms with Crippen molar-refractivity contribution in [3.63, 3.8) is 0 Å². The number of amides is 1. The second-order valence-electron chi connectivity index (χ2n) is 6.88. The summed E-state index contributed by atoms with van der Waals surface area (Å²) in [6.45, 7) is 11.0. The van der Waals surface area contributed by atoms with Crippen LogP contribution in [0.15, 0.2) is 0 Å². The monoisotopic (exact) mass is 238 g/mol. The predicted molar refractivity (Wildman–Crippen MR) is 69.5 cm³/mol. The van der Waals surface area contributed by atoms with Gasteiger partial charge in [0.2, 0.25) is 5.91 Å². The molecule has 2 fully saturated rings. The SMILES string of the molecule is CC1NC(C(C)C)N(C2CCC(C)(C)C2)C1=O. The minimum absolute atomic E-state index is 0.00823. The van der Waals surface area contributed by atoms with E-state index < -0.39 is 0 Å². The van der Waals surface area contributed by atoms with Crippen molar-refractivity contribution in [3.05, 3.63) is 0 Å². The number of hydrogen-bond donors (Lipinski definition) is 1. The molecular formula is C14H26N2O. The van der Waals surface area contributed by atoms with Gasteiger partial charge in [-0.05, 0) is 37.5 Å². The molecule has 0 aromatic heterocycles. The lowest BCUT2D eigenvalue weighted by Crippen LogP contribution is -2.46. The highest BCUT2D eigenvalue weighted by atomic mass is 16.2. The van der Waals surface area contributed by atoms with Gasteiger partial charge < -0.3 is 4.90 Å². The molecular weight excluding hydrogens is 212 g/mol. The van der Waals surface area contributed by atoms with Crippen LogP contribution in [0.4, 0.5) is 0 Å². The van der Waals surface area contributed by atoms with Gasteiger partial charge in [0, 0.05) is 6.04 Å². The Morgan fingerprint density at radius 3 is 2.53 bits per heavy atom. The Kier molecular flexibility index (Phi) is 3.23. The minimum atomic E-state index is -0.00823. The van der Waals surface area contributed by atoms with Gasteiger partial charge in [0.25, 0.3) is 0 Å². The zero-order valence-electron chi connectivity index (χ0n) is 11.8. The molecule has 0 spiro atoms. The number of carbonyl (C=O) groups is 1. The van der Waals surface area contributed by atoms with Crippen LogP contribution in [0.2, 0.25) is 0 Å². The first kappa shape index (κ1) is 12.9. The lowest BCUT2D eigenvalue weighted by Gasteiger charge is -2.33. The fourth-order valence-electron chi connectivity index (χ4n) is 3.33. The maximum atomic E-state index is 12.3. The summed E-state index contributed by atoms with van der Waals surface area (Å²) < 4.78 is 0. The Balaban J connectivity index is 2.15. The molecule has 1 heterocycles. The molecule has 1 aliphatic heterocycles. The standard InChI is InChI=1S/C14H26N2O/c1-9(2)12-15-10(3)13(17)16(12)11-6-7-14(4,5)8-11/h9-12,15H,6-8H2,1-5H3. The molecule has 0 bridgehead atoms. The van der Waals surface area contributed by atoms with Crippen LogP contribution in [0.25, 0.3) is 0 Å². The molecule has 98 valence electrons. The molecule has 3 nitrogen and oxygen atoms in total. The molecule has 2 rings (SSSR count). The molecule has 0 radical (unpaired) electrons. The Bertz CT molecular complexity index is 311. The highest BCUT2D eigenvalue weighted by Crippen LogP contribution is 2.41. The first-order chi connectivity index (χ1) is 7.82. The summed E-state index contributed by atoms with van der Waals surface area (Å²) in [6, 6.07) is 0.438. The van der Waals surface area contributed by atoms with E-state index in [1.54, 1.807) is 0 Å². The van der Waals surface area contributed by atoms with Crippen molar-refractivity contribution >= 4 is 5.91 Å². The Labute approximate surface area is 105 Å². The number of nitrogens with zero attached hydrogens (tertiary/aromatic N) is 1. The van der Waals surface area contributed by atoms with Crippen molar-refractivity contribution in [3.8, 4) is 0 Å². The van der Waals surface area contributed by atoms with E-state index in [2.05, 4.69) is 37.9 Å². The minimum Gasteiger partial charge on any atom is -0.323 e. The maximum Gasteiger partial charge on any atom is 0.240 e. The summed E-state index contributed by atoms with van der Waals surface area (Å²) in [4.78, 5) is 14.4. The molecule has 3 heteroatoms. The first-order valence-corrected chi connectivity index (χ1v) is 6.90. The topological polar surface area (TPSA) is 32.3 Å². The molecule has 0 aromatic rings. The largest absolute Gasteiger partial charge is 0.323 e. The Hall–Kier alpha value is -0.570. The summed E-state index contributed by atoms with van der Waals surface area (Å²) >= 11 is 0. The van der Waals surface area contributed by atoms with Gasteiger partial charge in [-0.2, -0.15) is 0 Å². The molecule has 1 saturated carbocycles. The summed E-state index contributed by atoms with van der Waals surface area (Å²) in [5, 5.41) is 3.43. The maximum absolute atomic E-state index is 12.3. The van der Waals surface area contributed by atoms with Gasteiger partial charge in [0.15, 0.2) is 0 Å². The van der Waals surface area contributed by atoms with Crippen LogP contribution in [0.5, 0.6) is 0 Å². The Morgan fingerprint density at radius 2 is 2.06 bits per heavy atom. The van der Waals surface area contributed by atoms with Crippen molar-refractivity contribution < 1.29 is 4.79 Å². The zero-order valence-corrected chi connectivity index (χ0v) is 11.8. The van der Waals surface area contributed by atoms with Gasteiger partial charge in [-0.15, -0.1) is 0 Å². The zero-order chi connectivity index (χ0) is 12.8. The van der Waals surface area contributed by atoms with Crippen LogP contribution >= 0.6 is 0 Å². The van der Waals surface area contributed by atoms with Crippen LogP contribution in [0.1, 0.15) is 53.9 Å². The summed E-state index contributed by atoms with van der Waals surface area (Å²) in [7, 11) is 0. The average molecular weight is 238 g/mol. The first-order valence-electron chi connectivity index (χ1n) is 6.90. The van der Waals surface area contributed by atoms with Crippen LogP contribution in [-0.2, 0) is 4.79 Å². The Morgan fingerprint density at radius 1 is 1.41 bits per heavy atom. The van der Waals surface area contributed by atoms with Crippen molar-refractivity contribution in [2.24, 2.45) is 11.3 Å². The molecule has 1 saturated heterocycles. The number of carbonyl (C=O) groups excluding carboxylic acids is 1. The fourth-order valence-corrected chi connectivity index (χ4v) is 3.33. The summed E-state index contributed by atoms with van der Waals surface area (Å²) in [5.41, 5.74) is 0.401. The van der Waals surface area contributed by atoms with Crippen molar-refractivity contribution in [1.29, 1.82) is 0 Å². The molecule has 3 unspecified atom stereocenters. The lowest BCUT2D eigenvalue weighted by molar-refractivity contribution is -0.132. The number of rotatable bonds is 2. The van der Waals surface area contributed by atoms with Gasteiger partial charge in [0.05, 0.1) is 12.2 Å². The van der Waals surface area contributed by atoms with Crippen molar-refractivity contribution in [1.82, 2.24) is 10.2 Å². The number of hydrogen-bond acceptors (Lipinski definition) is 2. The molecule has 1 N–H and O–H groups in total. The normalized spacial score (nSPS) is 37.2. The molecule has 1 aliphatic carbocycles. The van der Waals surface area contributed by atoms with Gasteiger partial charge >= 0.3 is 0 Å². The smallest absolute Gasteiger partial charge is 0.240 e. The third-order valence-electron chi connectivity index (χ3n) is 4.31. The van der Waals surface area contributed by atoms with Crippen LogP contribution in [0.3, 0.4) is 0 Å². The molecule has 3 atom stereocenters. The highest BCUT2D eigenvalue weighted by molar-refractivity contribution is 5.84. The van der Waals surface area contributed by atoms with E-state index in [0.717, 1.165) is 12.8 Å². The second kappa shape index (κ2) is 4.27. The molecule has 17 heavy (non-hydrogen) atoms. The summed E-state index contributed by atoms with van der Waals surface area (Å²) in [6.07, 6.45) is 3.78. The molecule has 1 amide bonds. The average Bonchev–Trinajstić information content (AvgIpc) is 2.69. The molecule has 0 aromatic carbocycles. The van der Waals surface area contributed by atoms with E-state index in [-0.39, 0.29) is 12.2 Å².